The molecule has 1 heterocycles. The number of amides is 1. The van der Waals surface area contributed by atoms with Gasteiger partial charge in [-0.1, -0.05) is 48.5 Å². The predicted octanol–water partition coefficient (Wildman–Crippen LogP) is 3.36. The largest absolute Gasteiger partial charge is 0.445 e. The van der Waals surface area contributed by atoms with Crippen molar-refractivity contribution < 1.29 is 19.0 Å². The summed E-state index contributed by atoms with van der Waals surface area (Å²) in [6.07, 6.45) is 0.584. The van der Waals surface area contributed by atoms with Crippen molar-refractivity contribution in [2.45, 2.75) is 31.8 Å². The van der Waals surface area contributed by atoms with E-state index in [1.165, 1.54) is 5.56 Å². The second kappa shape index (κ2) is 10.6. The van der Waals surface area contributed by atoms with Crippen LogP contribution in [0.15, 0.2) is 59.6 Å². The first-order chi connectivity index (χ1) is 14.2. The number of hydrogen-bond donors (Lipinski definition) is 2. The van der Waals surface area contributed by atoms with Gasteiger partial charge < -0.3 is 24.8 Å². The van der Waals surface area contributed by atoms with E-state index in [1.54, 1.807) is 14.2 Å². The normalized spacial score (nSPS) is 17.3. The maximum absolute atomic E-state index is 12.4. The van der Waals surface area contributed by atoms with Gasteiger partial charge in [0.15, 0.2) is 6.29 Å². The van der Waals surface area contributed by atoms with Crippen molar-refractivity contribution in [2.24, 2.45) is 4.99 Å². The van der Waals surface area contributed by atoms with Crippen LogP contribution in [-0.4, -0.2) is 45.0 Å². The average molecular weight is 397 g/mol. The summed E-state index contributed by atoms with van der Waals surface area (Å²) in [6, 6.07) is 17.3. The van der Waals surface area contributed by atoms with E-state index in [4.69, 9.17) is 14.2 Å². The minimum atomic E-state index is -0.477. The Kier molecular flexibility index (Phi) is 7.61. The molecule has 0 spiro atoms. The van der Waals surface area contributed by atoms with Crippen LogP contribution in [0, 0.1) is 0 Å². The minimum Gasteiger partial charge on any atom is -0.445 e. The van der Waals surface area contributed by atoms with Crippen LogP contribution < -0.4 is 10.6 Å². The molecule has 154 valence electrons. The highest BCUT2D eigenvalue weighted by molar-refractivity contribution is 6.02. The lowest BCUT2D eigenvalue weighted by molar-refractivity contribution is -0.0937. The molecule has 7 nitrogen and oxygen atoms in total. The topological polar surface area (TPSA) is 81.2 Å². The maximum Gasteiger partial charge on any atom is 0.408 e. The molecule has 0 aliphatic carbocycles. The number of para-hydroxylation sites is 1. The summed E-state index contributed by atoms with van der Waals surface area (Å²) in [5, 5.41) is 6.30. The summed E-state index contributed by atoms with van der Waals surface area (Å²) in [7, 11) is 3.14. The molecule has 0 saturated heterocycles. The van der Waals surface area contributed by atoms with E-state index < -0.39 is 12.4 Å². The van der Waals surface area contributed by atoms with Crippen molar-refractivity contribution in [3.05, 3.63) is 65.7 Å². The average Bonchev–Trinajstić information content (AvgIpc) is 2.93. The molecule has 0 saturated carbocycles. The summed E-state index contributed by atoms with van der Waals surface area (Å²) in [6.45, 7) is 0.531. The summed E-state index contributed by atoms with van der Waals surface area (Å²) >= 11 is 0. The summed E-state index contributed by atoms with van der Waals surface area (Å²) in [5.41, 5.74) is 3.10. The van der Waals surface area contributed by atoms with Crippen molar-refractivity contribution in [2.75, 3.05) is 26.1 Å². The number of carbonyl (C=O) groups is 1. The van der Waals surface area contributed by atoms with Gasteiger partial charge >= 0.3 is 6.09 Å². The summed E-state index contributed by atoms with van der Waals surface area (Å²) in [4.78, 5) is 17.0. The molecule has 3 rings (SSSR count). The Morgan fingerprint density at radius 3 is 2.62 bits per heavy atom. The monoisotopic (exact) mass is 397 g/mol. The number of ether oxygens (including phenoxy) is 3. The van der Waals surface area contributed by atoms with E-state index in [-0.39, 0.29) is 12.6 Å². The Bertz CT molecular complexity index is 822. The number of benzene rings is 2. The highest BCUT2D eigenvalue weighted by atomic mass is 16.7. The number of aryl methyl sites for hydroxylation is 1. The van der Waals surface area contributed by atoms with Gasteiger partial charge in [0, 0.05) is 19.9 Å². The molecule has 0 unspecified atom stereocenters. The van der Waals surface area contributed by atoms with Crippen LogP contribution in [0.3, 0.4) is 0 Å². The SMILES string of the molecule is COC(CN=C1Nc2ccccc2CC[C@H]1NC(=O)OCc1ccccc1)OC. The number of fused-ring (bicyclic) bond motifs is 1. The molecule has 1 atom stereocenters. The van der Waals surface area contributed by atoms with Gasteiger partial charge in [0.05, 0.1) is 12.6 Å². The molecule has 2 N–H and O–H groups in total. The fourth-order valence-corrected chi connectivity index (χ4v) is 3.14. The van der Waals surface area contributed by atoms with Gasteiger partial charge in [-0.15, -0.1) is 0 Å². The van der Waals surface area contributed by atoms with Gasteiger partial charge in [-0.05, 0) is 30.0 Å². The second-order valence-electron chi connectivity index (χ2n) is 6.71. The standard InChI is InChI=1S/C22H27N3O4/c1-27-20(28-2)14-23-21-19(13-12-17-10-6-7-11-18(17)24-21)25-22(26)29-15-16-8-4-3-5-9-16/h3-11,19-20H,12-15H2,1-2H3,(H,23,24)(H,25,26)/t19-/m1/s1. The van der Waals surface area contributed by atoms with Gasteiger partial charge in [0.25, 0.3) is 0 Å². The molecule has 0 radical (unpaired) electrons. The zero-order valence-corrected chi connectivity index (χ0v) is 16.8. The second-order valence-corrected chi connectivity index (χ2v) is 6.71. The molecular weight excluding hydrogens is 370 g/mol. The highest BCUT2D eigenvalue weighted by Crippen LogP contribution is 2.22. The first kappa shape index (κ1) is 20.8. The summed E-state index contributed by atoms with van der Waals surface area (Å²) in [5.74, 6) is 0.658. The molecule has 29 heavy (non-hydrogen) atoms. The number of methoxy groups -OCH3 is 2. The van der Waals surface area contributed by atoms with Crippen LogP contribution in [0.4, 0.5) is 10.5 Å². The van der Waals surface area contributed by atoms with Gasteiger partial charge in [-0.25, -0.2) is 4.79 Å². The molecule has 2 aromatic rings. The molecule has 1 amide bonds. The number of aliphatic imine (C=N–C) groups is 1. The van der Waals surface area contributed by atoms with Crippen LogP contribution in [0.5, 0.6) is 0 Å². The van der Waals surface area contributed by atoms with E-state index in [9.17, 15) is 4.79 Å². The summed E-state index contributed by atoms with van der Waals surface area (Å²) < 4.78 is 15.8. The van der Waals surface area contributed by atoms with Gasteiger partial charge in [-0.3, -0.25) is 4.99 Å². The van der Waals surface area contributed by atoms with Crippen LogP contribution in [-0.2, 0) is 27.2 Å². The number of hydrogen-bond acceptors (Lipinski definition) is 5. The molecule has 1 aliphatic rings. The number of carbonyl (C=O) groups excluding carboxylic acids is 1. The van der Waals surface area contributed by atoms with Crippen LogP contribution in [0.1, 0.15) is 17.5 Å². The minimum absolute atomic E-state index is 0.217. The van der Waals surface area contributed by atoms with Crippen LogP contribution >= 0.6 is 0 Å². The molecule has 0 bridgehead atoms. The molecule has 2 aromatic carbocycles. The van der Waals surface area contributed by atoms with Crippen molar-refractivity contribution in [3.8, 4) is 0 Å². The predicted molar refractivity (Wildman–Crippen MR) is 112 cm³/mol. The molecule has 7 heteroatoms. The number of rotatable bonds is 7. The fraction of sp³-hybridized carbons (Fsp3) is 0.364. The van der Waals surface area contributed by atoms with Crippen molar-refractivity contribution >= 4 is 17.6 Å². The molecular formula is C22H27N3O4. The van der Waals surface area contributed by atoms with Gasteiger partial charge in [0.1, 0.15) is 12.4 Å². The van der Waals surface area contributed by atoms with Crippen molar-refractivity contribution in [3.63, 3.8) is 0 Å². The zero-order chi connectivity index (χ0) is 20.5. The number of anilines is 1. The van der Waals surface area contributed by atoms with Gasteiger partial charge in [0.2, 0.25) is 0 Å². The highest BCUT2D eigenvalue weighted by Gasteiger charge is 2.24. The third-order valence-corrected chi connectivity index (χ3v) is 4.75. The number of amidine groups is 1. The van der Waals surface area contributed by atoms with Crippen molar-refractivity contribution in [1.82, 2.24) is 5.32 Å². The third kappa shape index (κ3) is 6.04. The van der Waals surface area contributed by atoms with Crippen molar-refractivity contribution in [1.29, 1.82) is 0 Å². The van der Waals surface area contributed by atoms with E-state index in [0.717, 1.165) is 17.7 Å². The molecule has 0 fully saturated rings. The number of nitrogens with zero attached hydrogens (tertiary/aromatic N) is 1. The lowest BCUT2D eigenvalue weighted by Gasteiger charge is -2.20. The maximum atomic E-state index is 12.4. The van der Waals surface area contributed by atoms with E-state index in [0.29, 0.717) is 18.8 Å². The lowest BCUT2D eigenvalue weighted by atomic mass is 10.1. The van der Waals surface area contributed by atoms with E-state index in [1.807, 2.05) is 48.5 Å². The molecule has 0 aromatic heterocycles. The number of alkyl carbamates (subject to hydrolysis) is 1. The zero-order valence-electron chi connectivity index (χ0n) is 16.8. The van der Waals surface area contributed by atoms with Gasteiger partial charge in [-0.2, -0.15) is 0 Å². The lowest BCUT2D eigenvalue weighted by Crippen LogP contribution is -2.44. The Morgan fingerprint density at radius 1 is 1.14 bits per heavy atom. The first-order valence-corrected chi connectivity index (χ1v) is 9.61. The molecule has 1 aliphatic heterocycles. The van der Waals surface area contributed by atoms with E-state index in [2.05, 4.69) is 21.7 Å². The first-order valence-electron chi connectivity index (χ1n) is 9.61. The Hall–Kier alpha value is -2.90. The van der Waals surface area contributed by atoms with E-state index >= 15 is 0 Å². The Balaban J connectivity index is 1.69. The Morgan fingerprint density at radius 2 is 1.86 bits per heavy atom. The van der Waals surface area contributed by atoms with Crippen LogP contribution in [0.25, 0.3) is 0 Å². The quantitative estimate of drug-likeness (QED) is 0.700. The van der Waals surface area contributed by atoms with Crippen LogP contribution in [0.2, 0.25) is 0 Å². The Labute approximate surface area is 171 Å². The third-order valence-electron chi connectivity index (χ3n) is 4.75. The fourth-order valence-electron chi connectivity index (χ4n) is 3.14. The number of nitrogens with one attached hydrogen (secondary N) is 2. The smallest absolute Gasteiger partial charge is 0.408 e.